The number of halogens is 1. The predicted molar refractivity (Wildman–Crippen MR) is 80.0 cm³/mol. The van der Waals surface area contributed by atoms with Gasteiger partial charge in [-0.15, -0.1) is 0 Å². The van der Waals surface area contributed by atoms with Gasteiger partial charge in [-0.25, -0.2) is 9.97 Å². The molecule has 1 atom stereocenters. The largest absolute Gasteiger partial charge is 0.352 e. The van der Waals surface area contributed by atoms with E-state index in [2.05, 4.69) is 40.7 Å². The van der Waals surface area contributed by atoms with Crippen LogP contribution in [0.5, 0.6) is 0 Å². The highest BCUT2D eigenvalue weighted by Crippen LogP contribution is 2.21. The van der Waals surface area contributed by atoms with Crippen molar-refractivity contribution in [1.82, 2.24) is 14.9 Å². The van der Waals surface area contributed by atoms with E-state index in [1.165, 1.54) is 0 Å². The second-order valence-electron chi connectivity index (χ2n) is 5.37. The highest BCUT2D eigenvalue weighted by molar-refractivity contribution is 6.29. The van der Waals surface area contributed by atoms with E-state index >= 15 is 0 Å². The predicted octanol–water partition coefficient (Wildman–Crippen LogP) is 2.61. The zero-order chi connectivity index (χ0) is 13.8. The molecule has 1 unspecified atom stereocenters. The maximum Gasteiger partial charge on any atom is 0.134 e. The molecule has 2 rings (SSSR count). The van der Waals surface area contributed by atoms with E-state index in [0.29, 0.717) is 11.2 Å². The first-order valence-electron chi connectivity index (χ1n) is 7.08. The molecular formula is C14H23ClN4. The van der Waals surface area contributed by atoms with Crippen LogP contribution in [0, 0.1) is 0 Å². The summed E-state index contributed by atoms with van der Waals surface area (Å²) in [6.45, 7) is 7.61. The van der Waals surface area contributed by atoms with Crippen LogP contribution in [0.15, 0.2) is 6.07 Å². The smallest absolute Gasteiger partial charge is 0.134 e. The van der Waals surface area contributed by atoms with Crippen molar-refractivity contribution in [3.8, 4) is 0 Å². The summed E-state index contributed by atoms with van der Waals surface area (Å²) >= 11 is 6.13. The SMILES string of the molecule is CCCc1nc(Cl)cc(N2CCCN(C)CC2C)n1. The monoisotopic (exact) mass is 282 g/mol. The Morgan fingerprint density at radius 3 is 2.89 bits per heavy atom. The van der Waals surface area contributed by atoms with Crippen LogP contribution in [0.3, 0.4) is 0 Å². The molecule has 0 bridgehead atoms. The van der Waals surface area contributed by atoms with Crippen molar-refractivity contribution in [2.24, 2.45) is 0 Å². The maximum atomic E-state index is 6.13. The standard InChI is InChI=1S/C14H23ClN4/c1-4-6-13-16-12(15)9-14(17-13)19-8-5-7-18(3)10-11(19)2/h9,11H,4-8,10H2,1-3H3. The molecule has 2 heterocycles. The van der Waals surface area contributed by atoms with Gasteiger partial charge in [0.2, 0.25) is 0 Å². The topological polar surface area (TPSA) is 32.3 Å². The normalized spacial score (nSPS) is 21.5. The van der Waals surface area contributed by atoms with E-state index in [1.54, 1.807) is 0 Å². The molecule has 0 saturated carbocycles. The van der Waals surface area contributed by atoms with Gasteiger partial charge in [0, 0.05) is 31.6 Å². The summed E-state index contributed by atoms with van der Waals surface area (Å²) in [4.78, 5) is 13.7. The van der Waals surface area contributed by atoms with Crippen molar-refractivity contribution in [1.29, 1.82) is 0 Å². The number of anilines is 1. The summed E-state index contributed by atoms with van der Waals surface area (Å²) in [7, 11) is 2.18. The third-order valence-electron chi connectivity index (χ3n) is 3.54. The third kappa shape index (κ3) is 3.80. The maximum absolute atomic E-state index is 6.13. The number of hydrogen-bond donors (Lipinski definition) is 0. The number of nitrogens with zero attached hydrogens (tertiary/aromatic N) is 4. The number of aryl methyl sites for hydroxylation is 1. The van der Waals surface area contributed by atoms with Gasteiger partial charge in [-0.1, -0.05) is 18.5 Å². The number of hydrogen-bond acceptors (Lipinski definition) is 4. The Bertz CT molecular complexity index is 424. The van der Waals surface area contributed by atoms with Crippen LogP contribution < -0.4 is 4.90 Å². The molecule has 1 fully saturated rings. The Balaban J connectivity index is 2.24. The average molecular weight is 283 g/mol. The second kappa shape index (κ2) is 6.53. The van der Waals surface area contributed by atoms with E-state index < -0.39 is 0 Å². The van der Waals surface area contributed by atoms with Gasteiger partial charge < -0.3 is 9.80 Å². The Hall–Kier alpha value is -0.870. The third-order valence-corrected chi connectivity index (χ3v) is 3.74. The lowest BCUT2D eigenvalue weighted by molar-refractivity contribution is 0.337. The lowest BCUT2D eigenvalue weighted by Crippen LogP contribution is -2.38. The van der Waals surface area contributed by atoms with Gasteiger partial charge in [0.05, 0.1) is 0 Å². The summed E-state index contributed by atoms with van der Waals surface area (Å²) in [5.74, 6) is 1.83. The van der Waals surface area contributed by atoms with Crippen LogP contribution in [0.4, 0.5) is 5.82 Å². The number of aromatic nitrogens is 2. The van der Waals surface area contributed by atoms with Gasteiger partial charge in [-0.3, -0.25) is 0 Å². The van der Waals surface area contributed by atoms with Crippen molar-refractivity contribution in [2.45, 2.75) is 39.2 Å². The van der Waals surface area contributed by atoms with E-state index in [1.807, 2.05) is 6.07 Å². The fourth-order valence-electron chi connectivity index (χ4n) is 2.65. The highest BCUT2D eigenvalue weighted by atomic mass is 35.5. The minimum absolute atomic E-state index is 0.452. The van der Waals surface area contributed by atoms with Crippen LogP contribution in [0.2, 0.25) is 5.15 Å². The number of likely N-dealkylation sites (N-methyl/N-ethyl adjacent to an activating group) is 1. The molecule has 5 heteroatoms. The van der Waals surface area contributed by atoms with Crippen molar-refractivity contribution in [3.63, 3.8) is 0 Å². The van der Waals surface area contributed by atoms with Gasteiger partial charge in [-0.05, 0) is 33.4 Å². The first-order chi connectivity index (χ1) is 9.10. The van der Waals surface area contributed by atoms with Crippen LogP contribution in [0.1, 0.15) is 32.5 Å². The highest BCUT2D eigenvalue weighted by Gasteiger charge is 2.21. The molecule has 0 radical (unpaired) electrons. The zero-order valence-corrected chi connectivity index (χ0v) is 12.8. The summed E-state index contributed by atoms with van der Waals surface area (Å²) in [5, 5.41) is 0.554. The van der Waals surface area contributed by atoms with Crippen molar-refractivity contribution < 1.29 is 0 Å². The molecule has 0 N–H and O–H groups in total. The lowest BCUT2D eigenvalue weighted by atomic mass is 10.2. The summed E-state index contributed by atoms with van der Waals surface area (Å²) in [6.07, 6.45) is 3.08. The Morgan fingerprint density at radius 2 is 2.16 bits per heavy atom. The van der Waals surface area contributed by atoms with Gasteiger partial charge in [0.1, 0.15) is 16.8 Å². The fraction of sp³-hybridized carbons (Fsp3) is 0.714. The summed E-state index contributed by atoms with van der Waals surface area (Å²) in [5.41, 5.74) is 0. The zero-order valence-electron chi connectivity index (χ0n) is 12.1. The van der Waals surface area contributed by atoms with Gasteiger partial charge in [0.25, 0.3) is 0 Å². The molecule has 0 spiro atoms. The summed E-state index contributed by atoms with van der Waals surface area (Å²) in [6, 6.07) is 2.34. The van der Waals surface area contributed by atoms with E-state index in [-0.39, 0.29) is 0 Å². The minimum Gasteiger partial charge on any atom is -0.352 e. The van der Waals surface area contributed by atoms with E-state index in [4.69, 9.17) is 11.6 Å². The van der Waals surface area contributed by atoms with Crippen LogP contribution >= 0.6 is 11.6 Å². The van der Waals surface area contributed by atoms with Gasteiger partial charge >= 0.3 is 0 Å². The fourth-order valence-corrected chi connectivity index (χ4v) is 2.84. The molecule has 1 saturated heterocycles. The molecule has 1 aromatic rings. The molecule has 19 heavy (non-hydrogen) atoms. The first-order valence-corrected chi connectivity index (χ1v) is 7.46. The van der Waals surface area contributed by atoms with Crippen molar-refractivity contribution in [2.75, 3.05) is 31.6 Å². The molecule has 1 aromatic heterocycles. The van der Waals surface area contributed by atoms with Gasteiger partial charge in [0.15, 0.2) is 0 Å². The molecule has 1 aliphatic heterocycles. The van der Waals surface area contributed by atoms with E-state index in [9.17, 15) is 0 Å². The van der Waals surface area contributed by atoms with Crippen molar-refractivity contribution >= 4 is 17.4 Å². The molecule has 0 aromatic carbocycles. The first kappa shape index (κ1) is 14.5. The van der Waals surface area contributed by atoms with Crippen LogP contribution in [-0.4, -0.2) is 47.6 Å². The Labute approximate surface area is 120 Å². The molecule has 4 nitrogen and oxygen atoms in total. The molecule has 0 aliphatic carbocycles. The lowest BCUT2D eigenvalue weighted by Gasteiger charge is -2.29. The molecular weight excluding hydrogens is 260 g/mol. The Morgan fingerprint density at radius 1 is 1.37 bits per heavy atom. The van der Waals surface area contributed by atoms with Crippen LogP contribution in [-0.2, 0) is 6.42 Å². The average Bonchev–Trinajstić information content (AvgIpc) is 2.49. The quantitative estimate of drug-likeness (QED) is 0.798. The minimum atomic E-state index is 0.452. The van der Waals surface area contributed by atoms with E-state index in [0.717, 1.165) is 50.5 Å². The molecule has 0 amide bonds. The summed E-state index contributed by atoms with van der Waals surface area (Å²) < 4.78 is 0. The Kier molecular flexibility index (Phi) is 4.99. The molecule has 106 valence electrons. The van der Waals surface area contributed by atoms with Crippen molar-refractivity contribution in [3.05, 3.63) is 17.0 Å². The molecule has 1 aliphatic rings. The second-order valence-corrected chi connectivity index (χ2v) is 5.76. The number of rotatable bonds is 3. The van der Waals surface area contributed by atoms with Crippen LogP contribution in [0.25, 0.3) is 0 Å². The van der Waals surface area contributed by atoms with Gasteiger partial charge in [-0.2, -0.15) is 0 Å².